The van der Waals surface area contributed by atoms with Crippen molar-refractivity contribution in [3.8, 4) is 0 Å². The molecule has 0 radical (unpaired) electrons. The van der Waals surface area contributed by atoms with Crippen LogP contribution >= 0.6 is 11.3 Å². The number of carbonyl (C=O) groups excluding carboxylic acids is 1. The molecule has 0 saturated carbocycles. The Morgan fingerprint density at radius 2 is 2.05 bits per heavy atom. The third-order valence-electron chi connectivity index (χ3n) is 3.03. The molecule has 0 fully saturated rings. The van der Waals surface area contributed by atoms with Crippen LogP contribution in [0.4, 0.5) is 16.6 Å². The minimum atomic E-state index is -0.0771. The van der Waals surface area contributed by atoms with Gasteiger partial charge in [-0.1, -0.05) is 42.9 Å². The topological polar surface area (TPSA) is 68.0 Å². The highest BCUT2D eigenvalue weighted by Gasteiger charge is 2.19. The van der Waals surface area contributed by atoms with Crippen LogP contribution in [0.5, 0.6) is 0 Å². The summed E-state index contributed by atoms with van der Waals surface area (Å²) in [6.07, 6.45) is 0. The van der Waals surface area contributed by atoms with E-state index < -0.39 is 0 Å². The third kappa shape index (κ3) is 2.99. The van der Waals surface area contributed by atoms with Crippen LogP contribution < -0.4 is 11.1 Å². The maximum Gasteiger partial charge on any atom is 0.189 e. The van der Waals surface area contributed by atoms with Gasteiger partial charge in [-0.05, 0) is 25.5 Å². The number of rotatable bonds is 4. The van der Waals surface area contributed by atoms with E-state index in [-0.39, 0.29) is 11.7 Å². The maximum absolute atomic E-state index is 12.0. The number of aromatic nitrogens is 1. The molecule has 106 valence electrons. The quantitative estimate of drug-likeness (QED) is 0.837. The number of nitrogens with zero attached hydrogens (tertiary/aromatic N) is 1. The number of nitrogens with one attached hydrogen (secondary N) is 1. The Morgan fingerprint density at radius 3 is 2.65 bits per heavy atom. The van der Waals surface area contributed by atoms with Crippen molar-refractivity contribution < 1.29 is 4.79 Å². The zero-order valence-electron chi connectivity index (χ0n) is 12.2. The van der Waals surface area contributed by atoms with Gasteiger partial charge in [0.1, 0.15) is 10.7 Å². The van der Waals surface area contributed by atoms with Gasteiger partial charge in [-0.15, -0.1) is 0 Å². The summed E-state index contributed by atoms with van der Waals surface area (Å²) in [6, 6.07) is 6.14. The highest BCUT2D eigenvalue weighted by Crippen LogP contribution is 2.30. The fourth-order valence-electron chi connectivity index (χ4n) is 1.89. The van der Waals surface area contributed by atoms with E-state index in [4.69, 9.17) is 5.73 Å². The van der Waals surface area contributed by atoms with Gasteiger partial charge in [0.25, 0.3) is 0 Å². The average Bonchev–Trinajstić information content (AvgIpc) is 2.73. The lowest BCUT2D eigenvalue weighted by atomic mass is 10.1. The molecule has 20 heavy (non-hydrogen) atoms. The number of Topliss-reactive ketones (excluding diaryl/α,β-unsaturated/α-hetero) is 1. The van der Waals surface area contributed by atoms with E-state index in [1.165, 1.54) is 16.9 Å². The fourth-order valence-corrected chi connectivity index (χ4v) is 2.88. The molecule has 0 bridgehead atoms. The number of benzene rings is 1. The highest BCUT2D eigenvalue weighted by molar-refractivity contribution is 7.18. The minimum absolute atomic E-state index is 0.0358. The summed E-state index contributed by atoms with van der Waals surface area (Å²) in [4.78, 5) is 16.8. The molecule has 1 aromatic heterocycles. The van der Waals surface area contributed by atoms with E-state index >= 15 is 0 Å². The molecule has 0 amide bonds. The van der Waals surface area contributed by atoms with E-state index in [9.17, 15) is 4.79 Å². The number of carbonyl (C=O) groups is 1. The Morgan fingerprint density at radius 1 is 1.35 bits per heavy atom. The van der Waals surface area contributed by atoms with Gasteiger partial charge < -0.3 is 11.1 Å². The maximum atomic E-state index is 12.0. The van der Waals surface area contributed by atoms with Gasteiger partial charge in [0.15, 0.2) is 10.9 Å². The van der Waals surface area contributed by atoms with Gasteiger partial charge in [-0.2, -0.15) is 0 Å². The zero-order valence-corrected chi connectivity index (χ0v) is 13.0. The Kier molecular flexibility index (Phi) is 4.09. The van der Waals surface area contributed by atoms with Crippen molar-refractivity contribution in [3.63, 3.8) is 0 Å². The predicted molar refractivity (Wildman–Crippen MR) is 84.9 cm³/mol. The van der Waals surface area contributed by atoms with Gasteiger partial charge in [0.2, 0.25) is 0 Å². The largest absolute Gasteiger partial charge is 0.382 e. The second kappa shape index (κ2) is 5.63. The van der Waals surface area contributed by atoms with Crippen LogP contribution in [0.25, 0.3) is 0 Å². The summed E-state index contributed by atoms with van der Waals surface area (Å²) in [5, 5.41) is 3.88. The number of anilines is 3. The van der Waals surface area contributed by atoms with Gasteiger partial charge in [-0.25, -0.2) is 4.98 Å². The lowest BCUT2D eigenvalue weighted by Gasteiger charge is -2.07. The second-order valence-electron chi connectivity index (χ2n) is 5.20. The lowest BCUT2D eigenvalue weighted by Crippen LogP contribution is -2.07. The van der Waals surface area contributed by atoms with Crippen molar-refractivity contribution in [2.24, 2.45) is 5.92 Å². The molecule has 1 aromatic carbocycles. The SMILES string of the molecule is Cc1ccc(Nc2nc(N)c(C(=O)C(C)C)s2)c(C)c1. The Bertz CT molecular complexity index is 647. The summed E-state index contributed by atoms with van der Waals surface area (Å²) in [6.45, 7) is 7.81. The van der Waals surface area contributed by atoms with Crippen molar-refractivity contribution in [2.75, 3.05) is 11.1 Å². The number of hydrogen-bond acceptors (Lipinski definition) is 5. The monoisotopic (exact) mass is 289 g/mol. The second-order valence-corrected chi connectivity index (χ2v) is 6.19. The Labute approximate surface area is 123 Å². The molecular weight excluding hydrogens is 270 g/mol. The van der Waals surface area contributed by atoms with Crippen LogP contribution in [0.2, 0.25) is 0 Å². The van der Waals surface area contributed by atoms with Crippen molar-refractivity contribution in [1.29, 1.82) is 0 Å². The van der Waals surface area contributed by atoms with E-state index in [0.717, 1.165) is 11.3 Å². The first-order valence-corrected chi connectivity index (χ1v) is 7.35. The summed E-state index contributed by atoms with van der Waals surface area (Å²) in [7, 11) is 0. The predicted octanol–water partition coefficient (Wildman–Crippen LogP) is 3.92. The van der Waals surface area contributed by atoms with Gasteiger partial charge in [0.05, 0.1) is 0 Å². The van der Waals surface area contributed by atoms with Crippen LogP contribution in [0.15, 0.2) is 18.2 Å². The van der Waals surface area contributed by atoms with Crippen LogP contribution in [-0.2, 0) is 0 Å². The van der Waals surface area contributed by atoms with E-state index in [1.807, 2.05) is 32.9 Å². The first-order chi connectivity index (χ1) is 9.38. The molecule has 5 heteroatoms. The fraction of sp³-hybridized carbons (Fsp3) is 0.333. The molecule has 4 nitrogen and oxygen atoms in total. The minimum Gasteiger partial charge on any atom is -0.382 e. The first-order valence-electron chi connectivity index (χ1n) is 6.53. The first kappa shape index (κ1) is 14.5. The number of hydrogen-bond donors (Lipinski definition) is 2. The van der Waals surface area contributed by atoms with Crippen molar-refractivity contribution >= 4 is 33.8 Å². The molecule has 0 atom stereocenters. The van der Waals surface area contributed by atoms with Crippen LogP contribution in [0.3, 0.4) is 0 Å². The molecule has 0 spiro atoms. The number of nitrogens with two attached hydrogens (primary N) is 1. The molecule has 2 aromatic rings. The van der Waals surface area contributed by atoms with Gasteiger partial charge in [0, 0.05) is 11.6 Å². The van der Waals surface area contributed by atoms with Gasteiger partial charge >= 0.3 is 0 Å². The Balaban J connectivity index is 2.27. The molecule has 0 aliphatic heterocycles. The molecular formula is C15H19N3OS. The highest BCUT2D eigenvalue weighted by atomic mass is 32.1. The molecule has 0 aliphatic rings. The average molecular weight is 289 g/mol. The smallest absolute Gasteiger partial charge is 0.189 e. The van der Waals surface area contributed by atoms with E-state index in [2.05, 4.69) is 23.3 Å². The lowest BCUT2D eigenvalue weighted by molar-refractivity contribution is 0.0944. The molecule has 3 N–H and O–H groups in total. The third-order valence-corrected chi connectivity index (χ3v) is 4.03. The molecule has 2 rings (SSSR count). The number of aryl methyl sites for hydroxylation is 2. The summed E-state index contributed by atoms with van der Waals surface area (Å²) in [5.74, 6) is 0.265. The number of thiazole rings is 1. The van der Waals surface area contributed by atoms with Gasteiger partial charge in [-0.3, -0.25) is 4.79 Å². The zero-order chi connectivity index (χ0) is 14.9. The van der Waals surface area contributed by atoms with Crippen LogP contribution in [0, 0.1) is 19.8 Å². The van der Waals surface area contributed by atoms with Crippen molar-refractivity contribution in [3.05, 3.63) is 34.2 Å². The molecule has 1 heterocycles. The molecule has 0 saturated heterocycles. The summed E-state index contributed by atoms with van der Waals surface area (Å²) < 4.78 is 0. The van der Waals surface area contributed by atoms with Crippen molar-refractivity contribution in [2.45, 2.75) is 27.7 Å². The Hall–Kier alpha value is -1.88. The number of nitrogen functional groups attached to an aromatic ring is 1. The normalized spacial score (nSPS) is 10.8. The van der Waals surface area contributed by atoms with E-state index in [1.54, 1.807) is 0 Å². The van der Waals surface area contributed by atoms with Crippen LogP contribution in [-0.4, -0.2) is 10.8 Å². The van der Waals surface area contributed by atoms with E-state index in [0.29, 0.717) is 15.8 Å². The molecule has 0 unspecified atom stereocenters. The molecule has 0 aliphatic carbocycles. The number of ketones is 1. The summed E-state index contributed by atoms with van der Waals surface area (Å²) >= 11 is 1.31. The van der Waals surface area contributed by atoms with Crippen molar-refractivity contribution in [1.82, 2.24) is 4.98 Å². The summed E-state index contributed by atoms with van der Waals surface area (Å²) in [5.41, 5.74) is 9.16. The van der Waals surface area contributed by atoms with Crippen LogP contribution in [0.1, 0.15) is 34.6 Å². The standard InChI is InChI=1S/C15H19N3OS/c1-8(2)12(19)13-14(16)18-15(20-13)17-11-6-5-9(3)7-10(11)4/h5-8H,16H2,1-4H3,(H,17,18).